The predicted molar refractivity (Wildman–Crippen MR) is 75.2 cm³/mol. The van der Waals surface area contributed by atoms with Gasteiger partial charge in [-0.3, -0.25) is 4.90 Å². The van der Waals surface area contributed by atoms with E-state index in [1.807, 2.05) is 0 Å². The number of benzene rings is 1. The summed E-state index contributed by atoms with van der Waals surface area (Å²) in [5.41, 5.74) is 10.0. The molecule has 1 unspecified atom stereocenters. The molecule has 96 valence electrons. The summed E-state index contributed by atoms with van der Waals surface area (Å²) in [6, 6.07) is 7.49. The van der Waals surface area contributed by atoms with Crippen molar-refractivity contribution in [1.29, 1.82) is 0 Å². The van der Waals surface area contributed by atoms with Gasteiger partial charge in [0, 0.05) is 18.6 Å². The molecule has 0 spiro atoms. The Morgan fingerprint density at radius 2 is 1.88 bits per heavy atom. The minimum absolute atomic E-state index is 0.333. The summed E-state index contributed by atoms with van der Waals surface area (Å²) < 4.78 is 0. The molecule has 1 atom stereocenters. The van der Waals surface area contributed by atoms with Crippen LogP contribution in [0.2, 0.25) is 0 Å². The van der Waals surface area contributed by atoms with Crippen LogP contribution in [0.4, 0.5) is 0 Å². The summed E-state index contributed by atoms with van der Waals surface area (Å²) in [5, 5.41) is 0. The largest absolute Gasteiger partial charge is 0.329 e. The number of aryl methyl sites for hydroxylation is 2. The van der Waals surface area contributed by atoms with E-state index >= 15 is 0 Å². The summed E-state index contributed by atoms with van der Waals surface area (Å²) in [6.45, 7) is 12.7. The van der Waals surface area contributed by atoms with Gasteiger partial charge in [-0.2, -0.15) is 0 Å². The van der Waals surface area contributed by atoms with Gasteiger partial charge in [-0.15, -0.1) is 0 Å². The molecule has 1 aromatic carbocycles. The van der Waals surface area contributed by atoms with Crippen LogP contribution in [0.15, 0.2) is 18.2 Å². The quantitative estimate of drug-likeness (QED) is 0.848. The van der Waals surface area contributed by atoms with Crippen LogP contribution in [0.1, 0.15) is 43.5 Å². The minimum Gasteiger partial charge on any atom is -0.329 e. The fourth-order valence-electron chi connectivity index (χ4n) is 2.51. The Morgan fingerprint density at radius 1 is 1.24 bits per heavy atom. The monoisotopic (exact) mass is 234 g/mol. The van der Waals surface area contributed by atoms with E-state index in [0.717, 1.165) is 6.54 Å². The molecular weight excluding hydrogens is 208 g/mol. The van der Waals surface area contributed by atoms with Crippen molar-refractivity contribution in [3.63, 3.8) is 0 Å². The first kappa shape index (κ1) is 14.2. The molecule has 2 nitrogen and oxygen atoms in total. The molecule has 0 heterocycles. The Balaban J connectivity index is 3.11. The van der Waals surface area contributed by atoms with E-state index in [1.54, 1.807) is 0 Å². The smallest absolute Gasteiger partial charge is 0.0475 e. The van der Waals surface area contributed by atoms with Crippen molar-refractivity contribution in [2.75, 3.05) is 13.1 Å². The second-order valence-electron chi connectivity index (χ2n) is 5.04. The molecule has 0 amide bonds. The molecule has 0 aliphatic heterocycles. The zero-order chi connectivity index (χ0) is 13.0. The van der Waals surface area contributed by atoms with Gasteiger partial charge in [0.2, 0.25) is 0 Å². The van der Waals surface area contributed by atoms with Crippen molar-refractivity contribution in [1.82, 2.24) is 4.90 Å². The van der Waals surface area contributed by atoms with Gasteiger partial charge in [0.15, 0.2) is 0 Å². The van der Waals surface area contributed by atoms with Gasteiger partial charge in [0.1, 0.15) is 0 Å². The number of likely N-dealkylation sites (N-methyl/N-ethyl adjacent to an activating group) is 1. The van der Waals surface area contributed by atoms with Gasteiger partial charge in [-0.1, -0.05) is 30.7 Å². The zero-order valence-electron chi connectivity index (χ0n) is 11.8. The number of rotatable bonds is 5. The fourth-order valence-corrected chi connectivity index (χ4v) is 2.51. The first-order valence-corrected chi connectivity index (χ1v) is 6.54. The van der Waals surface area contributed by atoms with Crippen molar-refractivity contribution < 1.29 is 0 Å². The summed E-state index contributed by atoms with van der Waals surface area (Å²) in [5.74, 6) is 0. The molecule has 0 saturated carbocycles. The molecule has 0 aliphatic rings. The average molecular weight is 234 g/mol. The van der Waals surface area contributed by atoms with Gasteiger partial charge in [0.25, 0.3) is 0 Å². The Labute approximate surface area is 106 Å². The average Bonchev–Trinajstić information content (AvgIpc) is 2.28. The van der Waals surface area contributed by atoms with E-state index in [0.29, 0.717) is 18.6 Å². The summed E-state index contributed by atoms with van der Waals surface area (Å²) in [4.78, 5) is 2.46. The maximum absolute atomic E-state index is 6.00. The van der Waals surface area contributed by atoms with Gasteiger partial charge in [-0.25, -0.2) is 0 Å². The van der Waals surface area contributed by atoms with E-state index in [-0.39, 0.29) is 0 Å². The maximum atomic E-state index is 6.00. The Bertz CT molecular complexity index is 358. The van der Waals surface area contributed by atoms with E-state index in [1.165, 1.54) is 16.7 Å². The van der Waals surface area contributed by atoms with Gasteiger partial charge >= 0.3 is 0 Å². The standard InChI is InChI=1S/C15H26N2/c1-6-17(11(2)3)15(10-16)14-9-12(4)7-8-13(14)5/h7-9,11,15H,6,10,16H2,1-5H3. The molecule has 17 heavy (non-hydrogen) atoms. The molecule has 0 aliphatic carbocycles. The molecule has 2 N–H and O–H groups in total. The third-order valence-corrected chi connectivity index (χ3v) is 3.45. The van der Waals surface area contributed by atoms with Gasteiger partial charge in [-0.05, 0) is 45.4 Å². The highest BCUT2D eigenvalue weighted by molar-refractivity contribution is 5.33. The number of hydrogen-bond donors (Lipinski definition) is 1. The Kier molecular flexibility index (Phi) is 5.16. The number of nitrogens with two attached hydrogens (primary N) is 1. The SMILES string of the molecule is CCN(C(C)C)C(CN)c1cc(C)ccc1C. The molecule has 0 bridgehead atoms. The van der Waals surface area contributed by atoms with Crippen molar-refractivity contribution in [3.05, 3.63) is 34.9 Å². The Morgan fingerprint density at radius 3 is 2.35 bits per heavy atom. The fraction of sp³-hybridized carbons (Fsp3) is 0.600. The Hall–Kier alpha value is -0.860. The van der Waals surface area contributed by atoms with Crippen molar-refractivity contribution >= 4 is 0 Å². The van der Waals surface area contributed by atoms with E-state index < -0.39 is 0 Å². The van der Waals surface area contributed by atoms with E-state index in [9.17, 15) is 0 Å². The van der Waals surface area contributed by atoms with Crippen LogP contribution in [-0.4, -0.2) is 24.0 Å². The molecule has 0 radical (unpaired) electrons. The summed E-state index contributed by atoms with van der Waals surface area (Å²) >= 11 is 0. The second kappa shape index (κ2) is 6.18. The highest BCUT2D eigenvalue weighted by atomic mass is 15.2. The lowest BCUT2D eigenvalue weighted by Gasteiger charge is -2.34. The van der Waals surface area contributed by atoms with Crippen LogP contribution in [0.25, 0.3) is 0 Å². The van der Waals surface area contributed by atoms with Crippen LogP contribution in [0, 0.1) is 13.8 Å². The van der Waals surface area contributed by atoms with Crippen LogP contribution in [-0.2, 0) is 0 Å². The van der Waals surface area contributed by atoms with E-state index in [2.05, 4.69) is 57.7 Å². The normalized spacial score (nSPS) is 13.4. The van der Waals surface area contributed by atoms with Crippen LogP contribution in [0.3, 0.4) is 0 Å². The lowest BCUT2D eigenvalue weighted by atomic mass is 9.97. The summed E-state index contributed by atoms with van der Waals surface area (Å²) in [7, 11) is 0. The highest BCUT2D eigenvalue weighted by Gasteiger charge is 2.21. The zero-order valence-corrected chi connectivity index (χ0v) is 11.8. The van der Waals surface area contributed by atoms with Gasteiger partial charge < -0.3 is 5.73 Å². The number of nitrogens with zero attached hydrogens (tertiary/aromatic N) is 1. The van der Waals surface area contributed by atoms with Crippen molar-refractivity contribution in [2.24, 2.45) is 5.73 Å². The lowest BCUT2D eigenvalue weighted by molar-refractivity contribution is 0.166. The van der Waals surface area contributed by atoms with Crippen molar-refractivity contribution in [3.8, 4) is 0 Å². The molecule has 0 saturated heterocycles. The first-order chi connectivity index (χ1) is 8.01. The molecule has 0 aromatic heterocycles. The number of hydrogen-bond acceptors (Lipinski definition) is 2. The van der Waals surface area contributed by atoms with Crippen LogP contribution < -0.4 is 5.73 Å². The van der Waals surface area contributed by atoms with Crippen LogP contribution >= 0.6 is 0 Å². The summed E-state index contributed by atoms with van der Waals surface area (Å²) in [6.07, 6.45) is 0. The molecule has 1 rings (SSSR count). The lowest BCUT2D eigenvalue weighted by Crippen LogP contribution is -2.38. The van der Waals surface area contributed by atoms with Gasteiger partial charge in [0.05, 0.1) is 0 Å². The van der Waals surface area contributed by atoms with E-state index in [4.69, 9.17) is 5.73 Å². The molecule has 0 fully saturated rings. The second-order valence-corrected chi connectivity index (χ2v) is 5.04. The minimum atomic E-state index is 0.333. The molecule has 2 heteroatoms. The highest BCUT2D eigenvalue weighted by Crippen LogP contribution is 2.25. The first-order valence-electron chi connectivity index (χ1n) is 6.54. The third kappa shape index (κ3) is 3.30. The molecule has 1 aromatic rings. The van der Waals surface area contributed by atoms with Crippen LogP contribution in [0.5, 0.6) is 0 Å². The predicted octanol–water partition coefficient (Wildman–Crippen LogP) is 3.03. The maximum Gasteiger partial charge on any atom is 0.0475 e. The topological polar surface area (TPSA) is 29.3 Å². The van der Waals surface area contributed by atoms with Crippen molar-refractivity contribution in [2.45, 2.75) is 46.7 Å². The third-order valence-electron chi connectivity index (χ3n) is 3.45. The molecular formula is C15H26N2.